The van der Waals surface area contributed by atoms with E-state index in [1.54, 1.807) is 0 Å². The zero-order valence-electron chi connectivity index (χ0n) is 10.3. The van der Waals surface area contributed by atoms with Gasteiger partial charge in [-0.05, 0) is 17.7 Å². The van der Waals surface area contributed by atoms with Crippen molar-refractivity contribution >= 4 is 16.0 Å². The van der Waals surface area contributed by atoms with Gasteiger partial charge in [-0.2, -0.15) is 0 Å². The van der Waals surface area contributed by atoms with Crippen LogP contribution in [0.2, 0.25) is 0 Å². The third-order valence-electron chi connectivity index (χ3n) is 2.11. The molecule has 19 heavy (non-hydrogen) atoms. The summed E-state index contributed by atoms with van der Waals surface area (Å²) < 4.78 is 27.9. The fraction of sp³-hybridized carbons (Fsp3) is 0.364. The number of methoxy groups -OCH3 is 1. The first-order valence-corrected chi connectivity index (χ1v) is 7.02. The van der Waals surface area contributed by atoms with Crippen molar-refractivity contribution < 1.29 is 27.9 Å². The fourth-order valence-electron chi connectivity index (χ4n) is 1.30. The lowest BCUT2D eigenvalue weighted by atomic mass is 10.1. The van der Waals surface area contributed by atoms with Gasteiger partial charge in [0, 0.05) is 7.11 Å². The number of benzene rings is 1. The van der Waals surface area contributed by atoms with Gasteiger partial charge < -0.3 is 9.84 Å². The van der Waals surface area contributed by atoms with Gasteiger partial charge in [0.15, 0.2) is 0 Å². The molecule has 1 aromatic carbocycles. The van der Waals surface area contributed by atoms with E-state index in [0.717, 1.165) is 0 Å². The third kappa shape index (κ3) is 5.79. The summed E-state index contributed by atoms with van der Waals surface area (Å²) in [5, 5.41) is 8.80. The van der Waals surface area contributed by atoms with E-state index in [9.17, 15) is 13.2 Å². The predicted molar refractivity (Wildman–Crippen MR) is 67.0 cm³/mol. The Labute approximate surface area is 111 Å². The topological polar surface area (TPSA) is 102 Å². The van der Waals surface area contributed by atoms with Gasteiger partial charge >= 0.3 is 5.97 Å². The van der Waals surface area contributed by atoms with Crippen molar-refractivity contribution in [3.05, 3.63) is 35.4 Å². The summed E-state index contributed by atoms with van der Waals surface area (Å²) in [7, 11) is -2.21. The number of nitrogens with one attached hydrogen (secondary N) is 1. The molecule has 0 bridgehead atoms. The molecule has 0 radical (unpaired) electrons. The van der Waals surface area contributed by atoms with E-state index in [2.05, 4.69) is 0 Å². The number of sulfonamides is 1. The minimum atomic E-state index is -3.68. The highest BCUT2D eigenvalue weighted by Crippen LogP contribution is 2.08. The number of hydrogen-bond acceptors (Lipinski definition) is 5. The van der Waals surface area contributed by atoms with Crippen molar-refractivity contribution in [1.29, 1.82) is 0 Å². The molecule has 1 aromatic rings. The summed E-state index contributed by atoms with van der Waals surface area (Å²) in [5.41, 5.74) is 0.399. The van der Waals surface area contributed by atoms with Gasteiger partial charge in [0.1, 0.15) is 0 Å². The summed E-state index contributed by atoms with van der Waals surface area (Å²) in [6.07, 6.45) is 0. The SMILES string of the molecule is COCCONS(=O)(=O)Cc1cccc(C(=O)O)c1. The van der Waals surface area contributed by atoms with Gasteiger partial charge in [0.05, 0.1) is 24.5 Å². The van der Waals surface area contributed by atoms with Gasteiger partial charge in [0.25, 0.3) is 0 Å². The highest BCUT2D eigenvalue weighted by atomic mass is 32.2. The molecule has 1 rings (SSSR count). The van der Waals surface area contributed by atoms with Gasteiger partial charge in [-0.15, -0.1) is 0 Å². The second kappa shape index (κ2) is 7.19. The molecule has 0 saturated carbocycles. The first-order chi connectivity index (χ1) is 8.94. The molecular formula is C11H15NO6S. The molecule has 7 nitrogen and oxygen atoms in total. The van der Waals surface area contributed by atoms with Gasteiger partial charge in [-0.25, -0.2) is 13.2 Å². The molecule has 0 aliphatic carbocycles. The lowest BCUT2D eigenvalue weighted by Crippen LogP contribution is -2.27. The Morgan fingerprint density at radius 3 is 2.74 bits per heavy atom. The fourth-order valence-corrected chi connectivity index (χ4v) is 2.24. The largest absolute Gasteiger partial charge is 0.478 e. The predicted octanol–water partition coefficient (Wildman–Crippen LogP) is 0.382. The number of ether oxygens (including phenoxy) is 1. The zero-order chi connectivity index (χ0) is 14.3. The van der Waals surface area contributed by atoms with Crippen LogP contribution >= 0.6 is 0 Å². The number of carboxylic acid groups (broad SMARTS) is 1. The molecule has 0 aliphatic rings. The molecule has 0 aromatic heterocycles. The van der Waals surface area contributed by atoms with Crippen LogP contribution in [0.1, 0.15) is 15.9 Å². The molecule has 106 valence electrons. The Bertz CT molecular complexity index is 528. The maximum Gasteiger partial charge on any atom is 0.335 e. The standard InChI is InChI=1S/C11H15NO6S/c1-17-5-6-18-12-19(15,16)8-9-3-2-4-10(7-9)11(13)14/h2-4,7,12H,5-6,8H2,1H3,(H,13,14). The van der Waals surface area contributed by atoms with Crippen LogP contribution in [0.25, 0.3) is 0 Å². The maximum absolute atomic E-state index is 11.6. The molecule has 0 heterocycles. The van der Waals surface area contributed by atoms with Crippen molar-refractivity contribution in [3.63, 3.8) is 0 Å². The normalized spacial score (nSPS) is 11.4. The second-order valence-electron chi connectivity index (χ2n) is 3.69. The van der Waals surface area contributed by atoms with E-state index in [4.69, 9.17) is 14.7 Å². The molecule has 0 aliphatic heterocycles. The Balaban J connectivity index is 2.62. The monoisotopic (exact) mass is 289 g/mol. The van der Waals surface area contributed by atoms with Crippen LogP contribution in [0, 0.1) is 0 Å². The quantitative estimate of drug-likeness (QED) is 0.530. The van der Waals surface area contributed by atoms with E-state index in [1.165, 1.54) is 31.4 Å². The van der Waals surface area contributed by atoms with E-state index in [0.29, 0.717) is 5.56 Å². The second-order valence-corrected chi connectivity index (χ2v) is 5.37. The van der Waals surface area contributed by atoms with E-state index in [-0.39, 0.29) is 24.5 Å². The molecule has 0 unspecified atom stereocenters. The summed E-state index contributed by atoms with van der Waals surface area (Å²) in [6, 6.07) is 5.71. The number of hydrogen-bond donors (Lipinski definition) is 2. The Morgan fingerprint density at radius 2 is 2.11 bits per heavy atom. The van der Waals surface area contributed by atoms with Crippen molar-refractivity contribution in [2.45, 2.75) is 5.75 Å². The van der Waals surface area contributed by atoms with Gasteiger partial charge in [-0.1, -0.05) is 17.0 Å². The first-order valence-electron chi connectivity index (χ1n) is 5.37. The Hall–Kier alpha value is -1.48. The summed E-state index contributed by atoms with van der Waals surface area (Å²) in [4.78, 5) is 17.4. The number of rotatable bonds is 8. The van der Waals surface area contributed by atoms with E-state index in [1.807, 2.05) is 4.89 Å². The maximum atomic E-state index is 11.6. The lowest BCUT2D eigenvalue weighted by Gasteiger charge is -2.07. The Kier molecular flexibility index (Phi) is 5.90. The van der Waals surface area contributed by atoms with Crippen LogP contribution < -0.4 is 4.89 Å². The summed E-state index contributed by atoms with van der Waals surface area (Å²) >= 11 is 0. The first kappa shape index (κ1) is 15.6. The highest BCUT2D eigenvalue weighted by Gasteiger charge is 2.13. The number of carboxylic acids is 1. The molecule has 0 spiro atoms. The third-order valence-corrected chi connectivity index (χ3v) is 3.19. The van der Waals surface area contributed by atoms with Gasteiger partial charge in [-0.3, -0.25) is 4.84 Å². The highest BCUT2D eigenvalue weighted by molar-refractivity contribution is 7.88. The van der Waals surface area contributed by atoms with Crippen LogP contribution in [0.4, 0.5) is 0 Å². The van der Waals surface area contributed by atoms with Crippen LogP contribution in [0.15, 0.2) is 24.3 Å². The van der Waals surface area contributed by atoms with Crippen molar-refractivity contribution in [2.24, 2.45) is 0 Å². The smallest absolute Gasteiger partial charge is 0.335 e. The molecule has 0 fully saturated rings. The Morgan fingerprint density at radius 1 is 1.37 bits per heavy atom. The van der Waals surface area contributed by atoms with Crippen LogP contribution in [-0.2, 0) is 25.4 Å². The van der Waals surface area contributed by atoms with Crippen molar-refractivity contribution in [3.8, 4) is 0 Å². The molecule has 0 saturated heterocycles. The number of carbonyl (C=O) groups is 1. The van der Waals surface area contributed by atoms with E-state index < -0.39 is 16.0 Å². The lowest BCUT2D eigenvalue weighted by molar-refractivity contribution is 0.0438. The van der Waals surface area contributed by atoms with Crippen LogP contribution in [0.5, 0.6) is 0 Å². The average Bonchev–Trinajstić information content (AvgIpc) is 2.34. The molecule has 0 amide bonds. The molecule has 2 N–H and O–H groups in total. The van der Waals surface area contributed by atoms with Crippen LogP contribution in [-0.4, -0.2) is 39.8 Å². The van der Waals surface area contributed by atoms with Crippen molar-refractivity contribution in [2.75, 3.05) is 20.3 Å². The van der Waals surface area contributed by atoms with Crippen molar-refractivity contribution in [1.82, 2.24) is 4.89 Å². The van der Waals surface area contributed by atoms with E-state index >= 15 is 0 Å². The minimum absolute atomic E-state index is 0.0352. The molecular weight excluding hydrogens is 274 g/mol. The average molecular weight is 289 g/mol. The van der Waals surface area contributed by atoms with Crippen LogP contribution in [0.3, 0.4) is 0 Å². The molecule has 0 atom stereocenters. The summed E-state index contributed by atoms with van der Waals surface area (Å²) in [6.45, 7) is 0.349. The summed E-state index contributed by atoms with van der Waals surface area (Å²) in [5.74, 6) is -1.47. The number of aromatic carboxylic acids is 1. The minimum Gasteiger partial charge on any atom is -0.478 e. The van der Waals surface area contributed by atoms with Gasteiger partial charge in [0.2, 0.25) is 10.0 Å². The zero-order valence-corrected chi connectivity index (χ0v) is 11.1. The molecule has 8 heteroatoms.